The van der Waals surface area contributed by atoms with E-state index < -0.39 is 0 Å². The Hall–Kier alpha value is -1.76. The van der Waals surface area contributed by atoms with Gasteiger partial charge in [-0.15, -0.1) is 0 Å². The largest absolute Gasteiger partial charge is 0.308 e. The van der Waals surface area contributed by atoms with Crippen LogP contribution in [0.5, 0.6) is 0 Å². The fraction of sp³-hybridized carbons (Fsp3) is 0.385. The zero-order valence-electron chi connectivity index (χ0n) is 10.6. The van der Waals surface area contributed by atoms with E-state index in [1.54, 1.807) is 6.20 Å². The Morgan fingerprint density at radius 2 is 2.30 bits per heavy atom. The molecule has 4 rings (SSSR count). The third-order valence-corrected chi connectivity index (χ3v) is 4.15. The molecule has 0 bridgehead atoms. The smallest absolute Gasteiger partial charge is 0.231 e. The number of fused-ring (bicyclic) bond motifs is 3. The van der Waals surface area contributed by atoms with Gasteiger partial charge >= 0.3 is 0 Å². The van der Waals surface area contributed by atoms with Crippen molar-refractivity contribution in [1.29, 1.82) is 0 Å². The number of hydrogen-bond donors (Lipinski definition) is 1. The van der Waals surface area contributed by atoms with Crippen LogP contribution in [0.25, 0.3) is 6.08 Å². The maximum atomic E-state index is 11.8. The van der Waals surface area contributed by atoms with Crippen LogP contribution in [0.1, 0.15) is 18.4 Å². The van der Waals surface area contributed by atoms with Crippen molar-refractivity contribution in [3.63, 3.8) is 0 Å². The molecule has 0 radical (unpaired) electrons. The highest BCUT2D eigenvalue weighted by molar-refractivity contribution is 9.12. The van der Waals surface area contributed by atoms with E-state index in [9.17, 15) is 4.79 Å². The van der Waals surface area contributed by atoms with Crippen LogP contribution in [0.4, 0.5) is 11.8 Å². The predicted molar refractivity (Wildman–Crippen MR) is 79.9 cm³/mol. The molecule has 1 aliphatic carbocycles. The summed E-state index contributed by atoms with van der Waals surface area (Å²) in [6.07, 6.45) is 5.63. The second-order valence-corrected chi connectivity index (χ2v) is 5.94. The summed E-state index contributed by atoms with van der Waals surface area (Å²) in [6.45, 7) is 1.56. The van der Waals surface area contributed by atoms with Crippen molar-refractivity contribution in [2.45, 2.75) is 12.8 Å². The number of amides is 1. The van der Waals surface area contributed by atoms with Crippen molar-refractivity contribution >= 4 is 45.5 Å². The van der Waals surface area contributed by atoms with Crippen LogP contribution < -0.4 is 10.2 Å². The summed E-state index contributed by atoms with van der Waals surface area (Å²) in [6, 6.07) is 0. The highest BCUT2D eigenvalue weighted by Crippen LogP contribution is 2.33. The molecule has 1 saturated carbocycles. The lowest BCUT2D eigenvalue weighted by atomic mass is 10.2. The SMILES string of the molecule is O=C(Nc1ncc2c(n1)N1CCN=C1C(Br)=C2)C1CC1. The number of aliphatic imine (C=N–C) groups is 1. The molecule has 0 spiro atoms. The van der Waals surface area contributed by atoms with E-state index in [1.165, 1.54) is 0 Å². The number of carbonyl (C=O) groups is 1. The number of nitrogens with zero attached hydrogens (tertiary/aromatic N) is 4. The molecule has 20 heavy (non-hydrogen) atoms. The van der Waals surface area contributed by atoms with Crippen molar-refractivity contribution in [2.75, 3.05) is 23.3 Å². The van der Waals surface area contributed by atoms with Gasteiger partial charge in [-0.3, -0.25) is 15.1 Å². The fourth-order valence-corrected chi connectivity index (χ4v) is 2.96. The minimum atomic E-state index is 0.0211. The van der Waals surface area contributed by atoms with Gasteiger partial charge in [-0.2, -0.15) is 4.98 Å². The molecule has 1 aromatic rings. The molecule has 1 aromatic heterocycles. The lowest BCUT2D eigenvalue weighted by Crippen LogP contribution is -2.31. The molecular weight excluding hydrogens is 322 g/mol. The second kappa shape index (κ2) is 4.37. The molecule has 3 aliphatic rings. The van der Waals surface area contributed by atoms with Gasteiger partial charge in [-0.05, 0) is 34.8 Å². The Kier molecular flexibility index (Phi) is 2.63. The molecule has 0 saturated heterocycles. The molecule has 1 amide bonds. The predicted octanol–water partition coefficient (Wildman–Crippen LogP) is 1.79. The van der Waals surface area contributed by atoms with Gasteiger partial charge in [0.25, 0.3) is 0 Å². The van der Waals surface area contributed by atoms with Gasteiger partial charge in [0.2, 0.25) is 11.9 Å². The van der Waals surface area contributed by atoms with Crippen molar-refractivity contribution in [3.8, 4) is 0 Å². The molecule has 1 N–H and O–H groups in total. The first kappa shape index (κ1) is 12.0. The van der Waals surface area contributed by atoms with E-state index in [0.29, 0.717) is 5.95 Å². The zero-order chi connectivity index (χ0) is 13.7. The van der Waals surface area contributed by atoms with E-state index >= 15 is 0 Å². The highest BCUT2D eigenvalue weighted by Gasteiger charge is 2.31. The summed E-state index contributed by atoms with van der Waals surface area (Å²) in [7, 11) is 0. The first-order chi connectivity index (χ1) is 9.72. The Morgan fingerprint density at radius 1 is 1.45 bits per heavy atom. The van der Waals surface area contributed by atoms with Gasteiger partial charge < -0.3 is 4.90 Å². The van der Waals surface area contributed by atoms with Gasteiger partial charge in [0.1, 0.15) is 11.7 Å². The summed E-state index contributed by atoms with van der Waals surface area (Å²) < 4.78 is 0.945. The Labute approximate surface area is 124 Å². The Morgan fingerprint density at radius 3 is 3.10 bits per heavy atom. The third-order valence-electron chi connectivity index (χ3n) is 3.57. The van der Waals surface area contributed by atoms with Crippen LogP contribution in [-0.2, 0) is 4.79 Å². The van der Waals surface area contributed by atoms with Crippen molar-refractivity contribution < 1.29 is 4.79 Å². The maximum Gasteiger partial charge on any atom is 0.231 e. The summed E-state index contributed by atoms with van der Waals surface area (Å²) in [4.78, 5) is 27.0. The third kappa shape index (κ3) is 1.93. The van der Waals surface area contributed by atoms with Crippen LogP contribution in [0.2, 0.25) is 0 Å². The molecule has 3 heterocycles. The topological polar surface area (TPSA) is 70.5 Å². The Balaban J connectivity index is 1.68. The number of rotatable bonds is 2. The minimum Gasteiger partial charge on any atom is -0.308 e. The Bertz CT molecular complexity index is 665. The zero-order valence-corrected chi connectivity index (χ0v) is 12.2. The molecule has 1 fully saturated rings. The summed E-state index contributed by atoms with van der Waals surface area (Å²) in [5, 5.41) is 2.78. The average molecular weight is 334 g/mol. The van der Waals surface area contributed by atoms with Crippen molar-refractivity contribution in [1.82, 2.24) is 9.97 Å². The fourth-order valence-electron chi connectivity index (χ4n) is 2.38. The standard InChI is InChI=1S/C13H12BrN5O/c14-9-5-8-6-16-13(18-12(20)7-1-2-7)17-10(8)19-4-3-15-11(9)19/h5-7H,1-4H2,(H,16,17,18,20). The van der Waals surface area contributed by atoms with Crippen molar-refractivity contribution in [2.24, 2.45) is 10.9 Å². The first-order valence-corrected chi connectivity index (χ1v) is 7.39. The number of nitrogens with one attached hydrogen (secondary N) is 1. The van der Waals surface area contributed by atoms with Crippen molar-refractivity contribution in [3.05, 3.63) is 16.2 Å². The van der Waals surface area contributed by atoms with Crippen LogP contribution in [0, 0.1) is 5.92 Å². The minimum absolute atomic E-state index is 0.0211. The number of anilines is 2. The van der Waals surface area contributed by atoms with Gasteiger partial charge in [0, 0.05) is 24.2 Å². The van der Waals surface area contributed by atoms with Crippen LogP contribution in [0.3, 0.4) is 0 Å². The van der Waals surface area contributed by atoms with Gasteiger partial charge in [-0.1, -0.05) is 0 Å². The summed E-state index contributed by atoms with van der Waals surface area (Å²) in [5.74, 6) is 2.25. The van der Waals surface area contributed by atoms with Gasteiger partial charge in [-0.25, -0.2) is 4.98 Å². The van der Waals surface area contributed by atoms with Crippen LogP contribution >= 0.6 is 15.9 Å². The number of amidine groups is 1. The van der Waals surface area contributed by atoms with Crippen LogP contribution in [0.15, 0.2) is 15.7 Å². The molecule has 102 valence electrons. The molecule has 0 unspecified atom stereocenters. The highest BCUT2D eigenvalue weighted by atomic mass is 79.9. The van der Waals surface area contributed by atoms with E-state index in [4.69, 9.17) is 0 Å². The summed E-state index contributed by atoms with van der Waals surface area (Å²) >= 11 is 3.51. The second-order valence-electron chi connectivity index (χ2n) is 5.09. The first-order valence-electron chi connectivity index (χ1n) is 6.60. The van der Waals surface area contributed by atoms with E-state index in [2.05, 4.69) is 36.2 Å². The molecule has 0 atom stereocenters. The maximum absolute atomic E-state index is 11.8. The van der Waals surface area contributed by atoms with Crippen LogP contribution in [-0.4, -0.2) is 34.8 Å². The number of hydrogen-bond acceptors (Lipinski definition) is 5. The van der Waals surface area contributed by atoms with Gasteiger partial charge in [0.05, 0.1) is 11.0 Å². The molecule has 6 nitrogen and oxygen atoms in total. The molecule has 2 aliphatic heterocycles. The molecular formula is C13H12BrN5O. The number of halogens is 1. The van der Waals surface area contributed by atoms with Gasteiger partial charge in [0.15, 0.2) is 0 Å². The normalized spacial score (nSPS) is 19.9. The number of carbonyl (C=O) groups excluding carboxylic acids is 1. The quantitative estimate of drug-likeness (QED) is 0.895. The number of aromatic nitrogens is 2. The lowest BCUT2D eigenvalue weighted by Gasteiger charge is -2.25. The molecule has 0 aromatic carbocycles. The molecule has 7 heteroatoms. The monoisotopic (exact) mass is 333 g/mol. The summed E-state index contributed by atoms with van der Waals surface area (Å²) in [5.41, 5.74) is 0.933. The lowest BCUT2D eigenvalue weighted by molar-refractivity contribution is -0.117. The average Bonchev–Trinajstić information content (AvgIpc) is 3.17. The van der Waals surface area contributed by atoms with E-state index in [1.807, 2.05) is 11.0 Å². The van der Waals surface area contributed by atoms with E-state index in [-0.39, 0.29) is 11.8 Å². The van der Waals surface area contributed by atoms with E-state index in [0.717, 1.165) is 47.6 Å².